The lowest BCUT2D eigenvalue weighted by molar-refractivity contribution is -0.236. The second kappa shape index (κ2) is 2.17. The van der Waals surface area contributed by atoms with Crippen LogP contribution in [0.4, 0.5) is 0 Å². The molecule has 0 unspecified atom stereocenters. The third-order valence-electron chi connectivity index (χ3n) is 0.368. The SMILES string of the molecule is NOC(N)(N)ON. The highest BCUT2D eigenvalue weighted by atomic mass is 16.8. The van der Waals surface area contributed by atoms with Crippen LogP contribution in [0.5, 0.6) is 0 Å². The van der Waals surface area contributed by atoms with Gasteiger partial charge >= 0.3 is 6.03 Å². The van der Waals surface area contributed by atoms with E-state index in [0.717, 1.165) is 0 Å². The molecule has 7 heavy (non-hydrogen) atoms. The summed E-state index contributed by atoms with van der Waals surface area (Å²) < 4.78 is 0. The van der Waals surface area contributed by atoms with Crippen LogP contribution in [0.1, 0.15) is 0 Å². The molecule has 8 N–H and O–H groups in total. The van der Waals surface area contributed by atoms with Crippen LogP contribution in [0.25, 0.3) is 0 Å². The molecule has 0 spiro atoms. The Bertz CT molecular complexity index is 47.7. The standard InChI is InChI=1S/CH8N4O2/c2-1(3,6-4)7-5/h2-5H2. The number of rotatable bonds is 2. The average molecular weight is 108 g/mol. The zero-order chi connectivity index (χ0) is 5.91. The molecule has 0 fully saturated rings. The van der Waals surface area contributed by atoms with E-state index in [4.69, 9.17) is 11.5 Å². The lowest BCUT2D eigenvalue weighted by Gasteiger charge is -2.16. The fraction of sp³-hybridized carbons (Fsp3) is 1.00. The van der Waals surface area contributed by atoms with Gasteiger partial charge in [-0.05, 0) is 0 Å². The first kappa shape index (κ1) is 6.76. The lowest BCUT2D eigenvalue weighted by atomic mass is 10.9. The molecule has 0 aromatic heterocycles. The largest absolute Gasteiger partial charge is 0.318 e. The molecule has 0 rings (SSSR count). The molecule has 0 amide bonds. The monoisotopic (exact) mass is 108 g/mol. The summed E-state index contributed by atoms with van der Waals surface area (Å²) in [5.74, 6) is 8.92. The highest BCUT2D eigenvalue weighted by Gasteiger charge is 2.16. The molecule has 0 bridgehead atoms. The highest BCUT2D eigenvalue weighted by Crippen LogP contribution is 1.81. The zero-order valence-corrected chi connectivity index (χ0v) is 3.63. The van der Waals surface area contributed by atoms with Crippen molar-refractivity contribution in [3.05, 3.63) is 0 Å². The van der Waals surface area contributed by atoms with Gasteiger partial charge in [-0.25, -0.2) is 21.5 Å². The van der Waals surface area contributed by atoms with Gasteiger partial charge in [0.05, 0.1) is 0 Å². The van der Waals surface area contributed by atoms with Gasteiger partial charge in [-0.1, -0.05) is 0 Å². The Morgan fingerprint density at radius 3 is 1.29 bits per heavy atom. The fourth-order valence-corrected chi connectivity index (χ4v) is 0.0278. The minimum atomic E-state index is -1.86. The minimum Gasteiger partial charge on any atom is -0.263 e. The molecule has 44 valence electrons. The van der Waals surface area contributed by atoms with E-state index in [1.54, 1.807) is 0 Å². The van der Waals surface area contributed by atoms with Crippen LogP contribution >= 0.6 is 0 Å². The Kier molecular flexibility index (Phi) is 2.09. The molecule has 0 aliphatic heterocycles. The van der Waals surface area contributed by atoms with Crippen molar-refractivity contribution in [1.82, 2.24) is 0 Å². The maximum Gasteiger partial charge on any atom is 0.318 e. The van der Waals surface area contributed by atoms with Crippen LogP contribution in [-0.2, 0) is 9.68 Å². The molecule has 0 aromatic rings. The maximum absolute atomic E-state index is 4.80. The summed E-state index contributed by atoms with van der Waals surface area (Å²) in [5.41, 5.74) is 9.60. The van der Waals surface area contributed by atoms with Gasteiger partial charge in [0.1, 0.15) is 0 Å². The van der Waals surface area contributed by atoms with Crippen molar-refractivity contribution in [3.63, 3.8) is 0 Å². The first-order valence-corrected chi connectivity index (χ1v) is 1.46. The normalized spacial score (nSPS) is 12.0. The average Bonchev–Trinajstić information content (AvgIpc) is 1.68. The van der Waals surface area contributed by atoms with Crippen molar-refractivity contribution in [2.75, 3.05) is 0 Å². The van der Waals surface area contributed by atoms with E-state index in [2.05, 4.69) is 21.5 Å². The molecular formula is CH8N4O2. The molecule has 0 heterocycles. The molecule has 6 nitrogen and oxygen atoms in total. The molecule has 0 saturated heterocycles. The summed E-state index contributed by atoms with van der Waals surface area (Å²) in [4.78, 5) is 7.59. The van der Waals surface area contributed by atoms with Crippen molar-refractivity contribution in [2.45, 2.75) is 6.03 Å². The number of hydrogen-bond donors (Lipinski definition) is 4. The molecule has 0 aliphatic carbocycles. The zero-order valence-electron chi connectivity index (χ0n) is 3.63. The van der Waals surface area contributed by atoms with E-state index in [0.29, 0.717) is 0 Å². The molecule has 0 saturated carbocycles. The van der Waals surface area contributed by atoms with Crippen LogP contribution in [0.2, 0.25) is 0 Å². The van der Waals surface area contributed by atoms with E-state index >= 15 is 0 Å². The highest BCUT2D eigenvalue weighted by molar-refractivity contribution is 4.38. The third-order valence-corrected chi connectivity index (χ3v) is 0.368. The Labute approximate surface area is 40.2 Å². The quantitative estimate of drug-likeness (QED) is 0.225. The maximum atomic E-state index is 4.80. The van der Waals surface area contributed by atoms with E-state index in [1.807, 2.05) is 0 Å². The summed E-state index contributed by atoms with van der Waals surface area (Å²) in [6, 6.07) is -1.86. The molecule has 0 atom stereocenters. The van der Waals surface area contributed by atoms with E-state index in [1.165, 1.54) is 0 Å². The van der Waals surface area contributed by atoms with Crippen LogP contribution in [-0.4, -0.2) is 6.03 Å². The Morgan fingerprint density at radius 2 is 1.29 bits per heavy atom. The number of nitrogens with two attached hydrogens (primary N) is 4. The molecule has 6 heteroatoms. The molecule has 0 aromatic carbocycles. The van der Waals surface area contributed by atoms with Crippen molar-refractivity contribution >= 4 is 0 Å². The Morgan fingerprint density at radius 1 is 1.00 bits per heavy atom. The summed E-state index contributed by atoms with van der Waals surface area (Å²) in [6.45, 7) is 0. The predicted octanol–water partition coefficient (Wildman–Crippen LogP) is -2.70. The Hall–Kier alpha value is -0.240. The second-order valence-corrected chi connectivity index (χ2v) is 0.957. The first-order valence-electron chi connectivity index (χ1n) is 1.46. The fourth-order valence-electron chi connectivity index (χ4n) is 0.0278. The lowest BCUT2D eigenvalue weighted by Crippen LogP contribution is -2.57. The van der Waals surface area contributed by atoms with Gasteiger partial charge in [-0.2, -0.15) is 0 Å². The van der Waals surface area contributed by atoms with E-state index in [9.17, 15) is 0 Å². The van der Waals surface area contributed by atoms with Gasteiger partial charge in [0.15, 0.2) is 0 Å². The van der Waals surface area contributed by atoms with Crippen LogP contribution in [0, 0.1) is 0 Å². The summed E-state index contributed by atoms with van der Waals surface area (Å²) in [5, 5.41) is 0. The molecular weight excluding hydrogens is 100 g/mol. The first-order chi connectivity index (χ1) is 3.12. The van der Waals surface area contributed by atoms with Gasteiger partial charge in [-0.3, -0.25) is 11.5 Å². The molecule has 0 aliphatic rings. The van der Waals surface area contributed by atoms with Crippen molar-refractivity contribution in [3.8, 4) is 0 Å². The van der Waals surface area contributed by atoms with Crippen molar-refractivity contribution in [2.24, 2.45) is 23.3 Å². The summed E-state index contributed by atoms with van der Waals surface area (Å²) in [7, 11) is 0. The van der Waals surface area contributed by atoms with Crippen molar-refractivity contribution < 1.29 is 9.68 Å². The Balaban J connectivity index is 3.36. The number of hydrogen-bond acceptors (Lipinski definition) is 6. The van der Waals surface area contributed by atoms with Gasteiger partial charge in [-0.15, -0.1) is 0 Å². The summed E-state index contributed by atoms with van der Waals surface area (Å²) >= 11 is 0. The van der Waals surface area contributed by atoms with Gasteiger partial charge < -0.3 is 0 Å². The summed E-state index contributed by atoms with van der Waals surface area (Å²) in [6.07, 6.45) is 0. The van der Waals surface area contributed by atoms with Crippen LogP contribution < -0.4 is 23.3 Å². The molecule has 0 radical (unpaired) electrons. The van der Waals surface area contributed by atoms with Gasteiger partial charge in [0.2, 0.25) is 0 Å². The van der Waals surface area contributed by atoms with Crippen molar-refractivity contribution in [1.29, 1.82) is 0 Å². The second-order valence-electron chi connectivity index (χ2n) is 0.957. The topological polar surface area (TPSA) is 123 Å². The van der Waals surface area contributed by atoms with Crippen LogP contribution in [0.3, 0.4) is 0 Å². The van der Waals surface area contributed by atoms with E-state index < -0.39 is 6.03 Å². The predicted molar refractivity (Wildman–Crippen MR) is 21.7 cm³/mol. The van der Waals surface area contributed by atoms with Gasteiger partial charge in [0, 0.05) is 0 Å². The minimum absolute atomic E-state index is 1.86. The van der Waals surface area contributed by atoms with Crippen LogP contribution in [0.15, 0.2) is 0 Å². The third kappa shape index (κ3) is 2.45. The van der Waals surface area contributed by atoms with E-state index in [-0.39, 0.29) is 0 Å². The smallest absolute Gasteiger partial charge is 0.263 e. The van der Waals surface area contributed by atoms with Gasteiger partial charge in [0.25, 0.3) is 0 Å².